The van der Waals surface area contributed by atoms with Crippen LogP contribution in [0.5, 0.6) is 0 Å². The first-order valence-corrected chi connectivity index (χ1v) is 7.06. The highest BCUT2D eigenvalue weighted by Gasteiger charge is 2.23. The summed E-state index contributed by atoms with van der Waals surface area (Å²) in [5, 5.41) is 10.0. The Labute approximate surface area is 107 Å². The van der Waals surface area contributed by atoms with Crippen molar-refractivity contribution in [1.82, 2.24) is 9.80 Å². The first kappa shape index (κ1) is 14.9. The maximum absolute atomic E-state index is 10.0. The second kappa shape index (κ2) is 6.72. The molecule has 1 aliphatic heterocycles. The van der Waals surface area contributed by atoms with Crippen LogP contribution in [0.1, 0.15) is 40.5 Å². The lowest BCUT2D eigenvalue weighted by molar-refractivity contribution is 0.0385. The van der Waals surface area contributed by atoms with Gasteiger partial charge < -0.3 is 14.9 Å². The largest absolute Gasteiger partial charge is 0.393 e. The molecular formula is C14H30N2O. The van der Waals surface area contributed by atoms with Gasteiger partial charge in [-0.1, -0.05) is 27.7 Å². The zero-order valence-corrected chi connectivity index (χ0v) is 12.1. The van der Waals surface area contributed by atoms with E-state index in [1.807, 2.05) is 0 Å². The SMILES string of the molecule is CCCN1CCN(CCC(O)C(C)(C)C)CC1. The molecule has 1 rings (SSSR count). The van der Waals surface area contributed by atoms with Gasteiger partial charge in [0.1, 0.15) is 0 Å². The van der Waals surface area contributed by atoms with Crippen molar-refractivity contribution in [2.75, 3.05) is 39.3 Å². The lowest BCUT2D eigenvalue weighted by Gasteiger charge is -2.36. The van der Waals surface area contributed by atoms with Crippen molar-refractivity contribution in [3.8, 4) is 0 Å². The van der Waals surface area contributed by atoms with Crippen LogP contribution >= 0.6 is 0 Å². The van der Waals surface area contributed by atoms with Gasteiger partial charge in [-0.3, -0.25) is 0 Å². The van der Waals surface area contributed by atoms with Crippen molar-refractivity contribution in [2.45, 2.75) is 46.6 Å². The molecule has 1 saturated heterocycles. The molecule has 1 N–H and O–H groups in total. The maximum atomic E-state index is 10.0. The van der Waals surface area contributed by atoms with Gasteiger partial charge in [0.15, 0.2) is 0 Å². The van der Waals surface area contributed by atoms with Gasteiger partial charge >= 0.3 is 0 Å². The monoisotopic (exact) mass is 242 g/mol. The molecule has 0 aromatic carbocycles. The molecule has 1 unspecified atom stereocenters. The van der Waals surface area contributed by atoms with Crippen molar-refractivity contribution < 1.29 is 5.11 Å². The number of nitrogens with zero attached hydrogens (tertiary/aromatic N) is 2. The van der Waals surface area contributed by atoms with Crippen molar-refractivity contribution in [2.24, 2.45) is 5.41 Å². The van der Waals surface area contributed by atoms with Gasteiger partial charge in [0.25, 0.3) is 0 Å². The van der Waals surface area contributed by atoms with Crippen LogP contribution in [0.3, 0.4) is 0 Å². The van der Waals surface area contributed by atoms with Crippen molar-refractivity contribution in [3.05, 3.63) is 0 Å². The highest BCUT2D eigenvalue weighted by Crippen LogP contribution is 2.21. The Morgan fingerprint density at radius 2 is 1.47 bits per heavy atom. The lowest BCUT2D eigenvalue weighted by atomic mass is 9.87. The van der Waals surface area contributed by atoms with E-state index in [1.165, 1.54) is 26.1 Å². The van der Waals surface area contributed by atoms with Crippen LogP contribution in [0.4, 0.5) is 0 Å². The van der Waals surface area contributed by atoms with Gasteiger partial charge in [-0.2, -0.15) is 0 Å². The van der Waals surface area contributed by atoms with Crippen molar-refractivity contribution in [1.29, 1.82) is 0 Å². The molecule has 0 aliphatic carbocycles. The summed E-state index contributed by atoms with van der Waals surface area (Å²) in [5.74, 6) is 0. The highest BCUT2D eigenvalue weighted by atomic mass is 16.3. The topological polar surface area (TPSA) is 26.7 Å². The molecule has 102 valence electrons. The summed E-state index contributed by atoms with van der Waals surface area (Å²) >= 11 is 0. The van der Waals surface area contributed by atoms with Crippen LogP contribution in [-0.2, 0) is 0 Å². The van der Waals surface area contributed by atoms with E-state index in [0.29, 0.717) is 0 Å². The van der Waals surface area contributed by atoms with E-state index in [1.54, 1.807) is 0 Å². The predicted octanol–water partition coefficient (Wildman–Crippen LogP) is 1.81. The van der Waals surface area contributed by atoms with Crippen LogP contribution in [-0.4, -0.2) is 60.3 Å². The first-order chi connectivity index (χ1) is 7.93. The number of piperazine rings is 1. The number of rotatable bonds is 5. The molecule has 0 radical (unpaired) electrons. The Balaban J connectivity index is 2.18. The third-order valence-corrected chi connectivity index (χ3v) is 3.72. The van der Waals surface area contributed by atoms with E-state index < -0.39 is 0 Å². The lowest BCUT2D eigenvalue weighted by Crippen LogP contribution is -2.47. The van der Waals surface area contributed by atoms with Gasteiger partial charge in [-0.25, -0.2) is 0 Å². The van der Waals surface area contributed by atoms with E-state index in [-0.39, 0.29) is 11.5 Å². The van der Waals surface area contributed by atoms with Gasteiger partial charge in [0.05, 0.1) is 6.10 Å². The second-order valence-electron chi connectivity index (χ2n) is 6.35. The second-order valence-corrected chi connectivity index (χ2v) is 6.35. The zero-order valence-electron chi connectivity index (χ0n) is 12.1. The molecule has 1 fully saturated rings. The van der Waals surface area contributed by atoms with Gasteiger partial charge in [-0.15, -0.1) is 0 Å². The molecular weight excluding hydrogens is 212 g/mol. The van der Waals surface area contributed by atoms with E-state index in [4.69, 9.17) is 0 Å². The van der Waals surface area contributed by atoms with Gasteiger partial charge in [0.2, 0.25) is 0 Å². The predicted molar refractivity (Wildman–Crippen MR) is 73.2 cm³/mol. The van der Waals surface area contributed by atoms with Crippen LogP contribution in [0.25, 0.3) is 0 Å². The quantitative estimate of drug-likeness (QED) is 0.796. The fraction of sp³-hybridized carbons (Fsp3) is 1.00. The molecule has 3 heteroatoms. The Hall–Kier alpha value is -0.120. The molecule has 1 atom stereocenters. The zero-order chi connectivity index (χ0) is 12.9. The summed E-state index contributed by atoms with van der Waals surface area (Å²) in [6, 6.07) is 0. The summed E-state index contributed by atoms with van der Waals surface area (Å²) in [5.41, 5.74) is 0.0179. The smallest absolute Gasteiger partial charge is 0.0600 e. The highest BCUT2D eigenvalue weighted by molar-refractivity contribution is 4.76. The number of aliphatic hydroxyl groups excluding tert-OH is 1. The standard InChI is InChI=1S/C14H30N2O/c1-5-7-15-9-11-16(12-10-15)8-6-13(17)14(2,3)4/h13,17H,5-12H2,1-4H3. The molecule has 0 saturated carbocycles. The fourth-order valence-electron chi connectivity index (χ4n) is 2.29. The van der Waals surface area contributed by atoms with Crippen LogP contribution in [0.15, 0.2) is 0 Å². The molecule has 0 amide bonds. The Morgan fingerprint density at radius 3 is 1.88 bits per heavy atom. The summed E-state index contributed by atoms with van der Waals surface area (Å²) < 4.78 is 0. The summed E-state index contributed by atoms with van der Waals surface area (Å²) in [6.07, 6.45) is 1.97. The molecule has 0 aromatic rings. The maximum Gasteiger partial charge on any atom is 0.0600 e. The molecule has 3 nitrogen and oxygen atoms in total. The minimum absolute atomic E-state index is 0.0179. The third kappa shape index (κ3) is 5.36. The normalized spacial score (nSPS) is 21.7. The molecule has 1 heterocycles. The summed E-state index contributed by atoms with van der Waals surface area (Å²) in [6.45, 7) is 15.6. The molecule has 0 bridgehead atoms. The Morgan fingerprint density at radius 1 is 1.00 bits per heavy atom. The van der Waals surface area contributed by atoms with Gasteiger partial charge in [-0.05, 0) is 24.8 Å². The van der Waals surface area contributed by atoms with Gasteiger partial charge in [0, 0.05) is 32.7 Å². The third-order valence-electron chi connectivity index (χ3n) is 3.72. The molecule has 0 spiro atoms. The average Bonchev–Trinajstić information content (AvgIpc) is 2.27. The average molecular weight is 242 g/mol. The summed E-state index contributed by atoms with van der Waals surface area (Å²) in [7, 11) is 0. The molecule has 17 heavy (non-hydrogen) atoms. The Bertz CT molecular complexity index is 205. The van der Waals surface area contributed by atoms with Crippen LogP contribution in [0, 0.1) is 5.41 Å². The number of hydrogen-bond donors (Lipinski definition) is 1. The van der Waals surface area contributed by atoms with Crippen molar-refractivity contribution in [3.63, 3.8) is 0 Å². The molecule has 1 aliphatic rings. The Kier molecular flexibility index (Phi) is 5.90. The number of hydrogen-bond acceptors (Lipinski definition) is 3. The minimum Gasteiger partial charge on any atom is -0.393 e. The van der Waals surface area contributed by atoms with Crippen molar-refractivity contribution >= 4 is 0 Å². The summed E-state index contributed by atoms with van der Waals surface area (Å²) in [4.78, 5) is 5.03. The van der Waals surface area contributed by atoms with Crippen LogP contribution in [0.2, 0.25) is 0 Å². The fourth-order valence-corrected chi connectivity index (χ4v) is 2.29. The molecule has 0 aromatic heterocycles. The van der Waals surface area contributed by atoms with E-state index in [9.17, 15) is 5.11 Å². The van der Waals surface area contributed by atoms with E-state index in [0.717, 1.165) is 26.1 Å². The van der Waals surface area contributed by atoms with E-state index >= 15 is 0 Å². The number of aliphatic hydroxyl groups is 1. The van der Waals surface area contributed by atoms with Crippen LogP contribution < -0.4 is 0 Å². The first-order valence-electron chi connectivity index (χ1n) is 7.06. The van der Waals surface area contributed by atoms with E-state index in [2.05, 4.69) is 37.5 Å². The minimum atomic E-state index is -0.184.